The zero-order valence-corrected chi connectivity index (χ0v) is 11.0. The van der Waals surface area contributed by atoms with Gasteiger partial charge >= 0.3 is 0 Å². The maximum Gasteiger partial charge on any atom is 0.214 e. The lowest BCUT2D eigenvalue weighted by atomic mass is 10.1. The fraction of sp³-hybridized carbons (Fsp3) is 1.00. The summed E-state index contributed by atoms with van der Waals surface area (Å²) >= 11 is 0. The third-order valence-electron chi connectivity index (χ3n) is 3.51. The van der Waals surface area contributed by atoms with Crippen LogP contribution >= 0.6 is 0 Å². The molecule has 0 aromatic rings. The van der Waals surface area contributed by atoms with Crippen molar-refractivity contribution in [3.63, 3.8) is 0 Å². The molecule has 0 aromatic heterocycles. The molecule has 6 heteroatoms. The minimum atomic E-state index is -3.15. The molecular formula is C11H22N2O3S. The SMILES string of the molecule is O=S(=O)(NCC1CCCCO1)C1CCNCC1. The quantitative estimate of drug-likeness (QED) is 0.761. The Balaban J connectivity index is 1.79. The van der Waals surface area contributed by atoms with E-state index < -0.39 is 10.0 Å². The first-order valence-corrected chi connectivity index (χ1v) is 8.04. The predicted octanol–water partition coefficient (Wildman–Crippen LogP) is 0.227. The number of hydrogen-bond acceptors (Lipinski definition) is 4. The predicted molar refractivity (Wildman–Crippen MR) is 66.4 cm³/mol. The molecule has 100 valence electrons. The van der Waals surface area contributed by atoms with Crippen LogP contribution < -0.4 is 10.0 Å². The van der Waals surface area contributed by atoms with Gasteiger partial charge in [-0.05, 0) is 45.2 Å². The molecule has 1 atom stereocenters. The second-order valence-electron chi connectivity index (χ2n) is 4.83. The lowest BCUT2D eigenvalue weighted by Gasteiger charge is -2.26. The zero-order valence-electron chi connectivity index (χ0n) is 10.2. The number of rotatable bonds is 4. The molecule has 2 fully saturated rings. The van der Waals surface area contributed by atoms with Crippen LogP contribution in [-0.4, -0.2) is 46.0 Å². The van der Waals surface area contributed by atoms with Gasteiger partial charge < -0.3 is 10.1 Å². The standard InChI is InChI=1S/C11H22N2O3S/c14-17(15,11-4-6-12-7-5-11)13-9-10-3-1-2-8-16-10/h10-13H,1-9H2. The topological polar surface area (TPSA) is 67.4 Å². The van der Waals surface area contributed by atoms with Crippen molar-refractivity contribution in [3.05, 3.63) is 0 Å². The number of nitrogens with one attached hydrogen (secondary N) is 2. The summed E-state index contributed by atoms with van der Waals surface area (Å²) in [6, 6.07) is 0. The highest BCUT2D eigenvalue weighted by Crippen LogP contribution is 2.14. The van der Waals surface area contributed by atoms with E-state index in [1.165, 1.54) is 0 Å². The molecule has 0 radical (unpaired) electrons. The van der Waals surface area contributed by atoms with Crippen molar-refractivity contribution in [1.29, 1.82) is 0 Å². The van der Waals surface area contributed by atoms with Crippen LogP contribution in [0.1, 0.15) is 32.1 Å². The molecule has 5 nitrogen and oxygen atoms in total. The summed E-state index contributed by atoms with van der Waals surface area (Å²) < 4.78 is 32.3. The van der Waals surface area contributed by atoms with E-state index in [9.17, 15) is 8.42 Å². The van der Waals surface area contributed by atoms with Crippen LogP contribution in [0.4, 0.5) is 0 Å². The maximum absolute atomic E-state index is 12.0. The maximum atomic E-state index is 12.0. The van der Waals surface area contributed by atoms with Crippen molar-refractivity contribution >= 4 is 10.0 Å². The first-order valence-electron chi connectivity index (χ1n) is 6.49. The van der Waals surface area contributed by atoms with Crippen LogP contribution in [0.25, 0.3) is 0 Å². The molecule has 0 spiro atoms. The minimum Gasteiger partial charge on any atom is -0.377 e. The van der Waals surface area contributed by atoms with Gasteiger partial charge in [-0.25, -0.2) is 13.1 Å². The minimum absolute atomic E-state index is 0.0697. The first kappa shape index (κ1) is 13.3. The average molecular weight is 262 g/mol. The van der Waals surface area contributed by atoms with Crippen molar-refractivity contribution in [2.45, 2.75) is 43.5 Å². The molecule has 17 heavy (non-hydrogen) atoms. The van der Waals surface area contributed by atoms with E-state index in [1.807, 2.05) is 0 Å². The van der Waals surface area contributed by atoms with Gasteiger partial charge in [0.15, 0.2) is 0 Å². The third-order valence-corrected chi connectivity index (χ3v) is 5.43. The second kappa shape index (κ2) is 6.13. The van der Waals surface area contributed by atoms with Gasteiger partial charge in [0, 0.05) is 13.2 Å². The third kappa shape index (κ3) is 3.91. The molecular weight excluding hydrogens is 240 g/mol. The summed E-state index contributed by atoms with van der Waals surface area (Å²) in [5, 5.41) is 2.95. The van der Waals surface area contributed by atoms with Gasteiger partial charge in [-0.3, -0.25) is 0 Å². The van der Waals surface area contributed by atoms with E-state index in [0.29, 0.717) is 19.4 Å². The van der Waals surface area contributed by atoms with E-state index in [-0.39, 0.29) is 11.4 Å². The highest BCUT2D eigenvalue weighted by molar-refractivity contribution is 7.90. The Bertz CT molecular complexity index is 320. The van der Waals surface area contributed by atoms with Crippen LogP contribution in [0.2, 0.25) is 0 Å². The number of hydrogen-bond donors (Lipinski definition) is 2. The normalized spacial score (nSPS) is 28.1. The fourth-order valence-electron chi connectivity index (χ4n) is 2.40. The summed E-state index contributed by atoms with van der Waals surface area (Å²) in [5.41, 5.74) is 0. The van der Waals surface area contributed by atoms with Gasteiger partial charge in [0.2, 0.25) is 10.0 Å². The fourth-order valence-corrected chi connectivity index (χ4v) is 3.91. The van der Waals surface area contributed by atoms with E-state index in [4.69, 9.17) is 4.74 Å². The molecule has 2 N–H and O–H groups in total. The van der Waals surface area contributed by atoms with Gasteiger partial charge in [-0.1, -0.05) is 0 Å². The van der Waals surface area contributed by atoms with Crippen molar-refractivity contribution in [1.82, 2.24) is 10.0 Å². The first-order chi connectivity index (χ1) is 8.18. The summed E-state index contributed by atoms with van der Waals surface area (Å²) in [5.74, 6) is 0. The van der Waals surface area contributed by atoms with Crippen molar-refractivity contribution in [2.75, 3.05) is 26.2 Å². The summed E-state index contributed by atoms with van der Waals surface area (Å²) in [6.45, 7) is 2.79. The molecule has 2 aliphatic heterocycles. The molecule has 1 unspecified atom stereocenters. The number of piperidine rings is 1. The largest absolute Gasteiger partial charge is 0.377 e. The van der Waals surface area contributed by atoms with Crippen LogP contribution in [0.3, 0.4) is 0 Å². The summed E-state index contributed by atoms with van der Waals surface area (Å²) in [4.78, 5) is 0. The average Bonchev–Trinajstić information content (AvgIpc) is 2.39. The molecule has 2 saturated heterocycles. The Morgan fingerprint density at radius 2 is 1.94 bits per heavy atom. The lowest BCUT2D eigenvalue weighted by Crippen LogP contribution is -2.44. The lowest BCUT2D eigenvalue weighted by molar-refractivity contribution is 0.0200. The Hall–Kier alpha value is -0.170. The molecule has 2 heterocycles. The molecule has 0 aromatic carbocycles. The van der Waals surface area contributed by atoms with Crippen LogP contribution in [0.15, 0.2) is 0 Å². The van der Waals surface area contributed by atoms with E-state index in [0.717, 1.165) is 39.0 Å². The van der Waals surface area contributed by atoms with Gasteiger partial charge in [-0.15, -0.1) is 0 Å². The van der Waals surface area contributed by atoms with Crippen molar-refractivity contribution in [2.24, 2.45) is 0 Å². The molecule has 2 aliphatic rings. The van der Waals surface area contributed by atoms with Gasteiger partial charge in [0.25, 0.3) is 0 Å². The second-order valence-corrected chi connectivity index (χ2v) is 6.88. The molecule has 0 bridgehead atoms. The monoisotopic (exact) mass is 262 g/mol. The van der Waals surface area contributed by atoms with Crippen LogP contribution in [0, 0.1) is 0 Å². The van der Waals surface area contributed by atoms with E-state index >= 15 is 0 Å². The smallest absolute Gasteiger partial charge is 0.214 e. The molecule has 0 amide bonds. The van der Waals surface area contributed by atoms with Crippen LogP contribution in [-0.2, 0) is 14.8 Å². The highest BCUT2D eigenvalue weighted by atomic mass is 32.2. The Labute approximate surface area is 103 Å². The number of sulfonamides is 1. The Morgan fingerprint density at radius 3 is 2.59 bits per heavy atom. The zero-order chi connectivity index (χ0) is 12.1. The Morgan fingerprint density at radius 1 is 1.18 bits per heavy atom. The summed E-state index contributed by atoms with van der Waals surface area (Å²) in [6.07, 6.45) is 4.69. The Kier molecular flexibility index (Phi) is 4.78. The van der Waals surface area contributed by atoms with Gasteiger partial charge in [0.05, 0.1) is 11.4 Å². The van der Waals surface area contributed by atoms with Crippen LogP contribution in [0.5, 0.6) is 0 Å². The van der Waals surface area contributed by atoms with Gasteiger partial charge in [0.1, 0.15) is 0 Å². The van der Waals surface area contributed by atoms with Crippen molar-refractivity contribution < 1.29 is 13.2 Å². The summed E-state index contributed by atoms with van der Waals surface area (Å²) in [7, 11) is -3.15. The van der Waals surface area contributed by atoms with E-state index in [1.54, 1.807) is 0 Å². The number of ether oxygens (including phenoxy) is 1. The molecule has 0 saturated carbocycles. The van der Waals surface area contributed by atoms with Gasteiger partial charge in [-0.2, -0.15) is 0 Å². The van der Waals surface area contributed by atoms with Crippen molar-refractivity contribution in [3.8, 4) is 0 Å². The highest BCUT2D eigenvalue weighted by Gasteiger charge is 2.27. The molecule has 0 aliphatic carbocycles. The van der Waals surface area contributed by atoms with E-state index in [2.05, 4.69) is 10.0 Å². The molecule has 2 rings (SSSR count).